The predicted molar refractivity (Wildman–Crippen MR) is 69.2 cm³/mol. The third kappa shape index (κ3) is 2.15. The van der Waals surface area contributed by atoms with E-state index in [0.29, 0.717) is 6.54 Å². The van der Waals surface area contributed by atoms with Crippen molar-refractivity contribution >= 4 is 0 Å². The van der Waals surface area contributed by atoms with Gasteiger partial charge in [0, 0.05) is 6.54 Å². The highest BCUT2D eigenvalue weighted by molar-refractivity contribution is 5.65. The molecule has 16 heavy (non-hydrogen) atoms. The van der Waals surface area contributed by atoms with E-state index in [1.165, 1.54) is 27.8 Å². The van der Waals surface area contributed by atoms with Crippen molar-refractivity contribution in [3.63, 3.8) is 0 Å². The summed E-state index contributed by atoms with van der Waals surface area (Å²) < 4.78 is 0. The molecule has 2 N–H and O–H groups in total. The number of nitrogens with two attached hydrogens (primary N) is 1. The molecule has 0 aliphatic carbocycles. The Morgan fingerprint density at radius 3 is 2.38 bits per heavy atom. The molecular formula is C15H17N. The van der Waals surface area contributed by atoms with Crippen LogP contribution in [0.3, 0.4) is 0 Å². The van der Waals surface area contributed by atoms with Gasteiger partial charge < -0.3 is 5.73 Å². The smallest absolute Gasteiger partial charge is 0.0180 e. The van der Waals surface area contributed by atoms with Crippen LogP contribution in [-0.2, 0) is 6.54 Å². The molecule has 0 fully saturated rings. The van der Waals surface area contributed by atoms with Crippen LogP contribution < -0.4 is 5.73 Å². The summed E-state index contributed by atoms with van der Waals surface area (Å²) in [5.74, 6) is 0. The first-order valence-corrected chi connectivity index (χ1v) is 5.57. The van der Waals surface area contributed by atoms with E-state index in [2.05, 4.69) is 56.3 Å². The zero-order valence-corrected chi connectivity index (χ0v) is 9.83. The lowest BCUT2D eigenvalue weighted by atomic mass is 9.99. The molecule has 0 atom stereocenters. The first kappa shape index (κ1) is 10.9. The van der Waals surface area contributed by atoms with Gasteiger partial charge in [0.05, 0.1) is 0 Å². The molecule has 0 aliphatic rings. The predicted octanol–water partition coefficient (Wildman–Crippen LogP) is 3.43. The number of hydrogen-bond acceptors (Lipinski definition) is 1. The summed E-state index contributed by atoms with van der Waals surface area (Å²) in [5, 5.41) is 0. The molecule has 0 amide bonds. The molecule has 0 bridgehead atoms. The number of hydrogen-bond donors (Lipinski definition) is 1. The SMILES string of the molecule is Cc1cccc(-c2ccc(C)c(CN)c2)c1. The van der Waals surface area contributed by atoms with Crippen LogP contribution in [0.5, 0.6) is 0 Å². The average Bonchev–Trinajstić information content (AvgIpc) is 2.29. The highest BCUT2D eigenvalue weighted by atomic mass is 14.5. The van der Waals surface area contributed by atoms with Gasteiger partial charge in [-0.25, -0.2) is 0 Å². The summed E-state index contributed by atoms with van der Waals surface area (Å²) in [6.45, 7) is 4.81. The summed E-state index contributed by atoms with van der Waals surface area (Å²) in [4.78, 5) is 0. The monoisotopic (exact) mass is 211 g/mol. The summed E-state index contributed by atoms with van der Waals surface area (Å²) in [6, 6.07) is 15.0. The van der Waals surface area contributed by atoms with Gasteiger partial charge in [0.2, 0.25) is 0 Å². The molecule has 0 aliphatic heterocycles. The average molecular weight is 211 g/mol. The van der Waals surface area contributed by atoms with Gasteiger partial charge >= 0.3 is 0 Å². The van der Waals surface area contributed by atoms with Crippen LogP contribution in [0.25, 0.3) is 11.1 Å². The van der Waals surface area contributed by atoms with Crippen molar-refractivity contribution in [2.75, 3.05) is 0 Å². The highest BCUT2D eigenvalue weighted by Crippen LogP contribution is 2.23. The van der Waals surface area contributed by atoms with E-state index in [1.54, 1.807) is 0 Å². The van der Waals surface area contributed by atoms with E-state index in [9.17, 15) is 0 Å². The highest BCUT2D eigenvalue weighted by Gasteiger charge is 2.01. The number of aryl methyl sites for hydroxylation is 2. The molecular weight excluding hydrogens is 194 g/mol. The molecule has 0 aromatic heterocycles. The van der Waals surface area contributed by atoms with Gasteiger partial charge in [-0.05, 0) is 42.2 Å². The molecule has 1 nitrogen and oxygen atoms in total. The fourth-order valence-electron chi connectivity index (χ4n) is 1.90. The number of benzene rings is 2. The van der Waals surface area contributed by atoms with Crippen LogP contribution in [0, 0.1) is 13.8 Å². The van der Waals surface area contributed by atoms with Crippen LogP contribution >= 0.6 is 0 Å². The fourth-order valence-corrected chi connectivity index (χ4v) is 1.90. The Morgan fingerprint density at radius 2 is 1.69 bits per heavy atom. The van der Waals surface area contributed by atoms with Crippen molar-refractivity contribution in [3.05, 3.63) is 59.2 Å². The van der Waals surface area contributed by atoms with E-state index in [4.69, 9.17) is 5.73 Å². The van der Waals surface area contributed by atoms with Gasteiger partial charge in [-0.3, -0.25) is 0 Å². The van der Waals surface area contributed by atoms with Crippen molar-refractivity contribution in [1.29, 1.82) is 0 Å². The second-order valence-electron chi connectivity index (χ2n) is 4.21. The standard InChI is InChI=1S/C15H17N/c1-11-4-3-5-13(8-11)14-7-6-12(2)15(9-14)10-16/h3-9H,10,16H2,1-2H3. The molecule has 0 unspecified atom stereocenters. The van der Waals surface area contributed by atoms with E-state index < -0.39 is 0 Å². The first-order valence-electron chi connectivity index (χ1n) is 5.57. The van der Waals surface area contributed by atoms with Gasteiger partial charge in [-0.15, -0.1) is 0 Å². The summed E-state index contributed by atoms with van der Waals surface area (Å²) >= 11 is 0. The second kappa shape index (κ2) is 4.50. The minimum atomic E-state index is 0.603. The summed E-state index contributed by atoms with van der Waals surface area (Å²) in [7, 11) is 0. The van der Waals surface area contributed by atoms with Crippen LogP contribution in [0.15, 0.2) is 42.5 Å². The topological polar surface area (TPSA) is 26.0 Å². The minimum absolute atomic E-state index is 0.603. The van der Waals surface area contributed by atoms with Gasteiger partial charge in [-0.1, -0.05) is 42.0 Å². The molecule has 0 radical (unpaired) electrons. The first-order chi connectivity index (χ1) is 7.70. The van der Waals surface area contributed by atoms with Gasteiger partial charge in [0.25, 0.3) is 0 Å². The Labute approximate surface area is 96.9 Å². The molecule has 0 saturated heterocycles. The van der Waals surface area contributed by atoms with Crippen LogP contribution in [0.4, 0.5) is 0 Å². The van der Waals surface area contributed by atoms with E-state index in [0.717, 1.165) is 0 Å². The van der Waals surface area contributed by atoms with E-state index in [1.807, 2.05) is 0 Å². The Hall–Kier alpha value is -1.60. The second-order valence-corrected chi connectivity index (χ2v) is 4.21. The lowest BCUT2D eigenvalue weighted by molar-refractivity contribution is 1.05. The molecule has 0 spiro atoms. The van der Waals surface area contributed by atoms with Crippen molar-refractivity contribution in [3.8, 4) is 11.1 Å². The molecule has 2 aromatic carbocycles. The fraction of sp³-hybridized carbons (Fsp3) is 0.200. The summed E-state index contributed by atoms with van der Waals surface area (Å²) in [6.07, 6.45) is 0. The van der Waals surface area contributed by atoms with Gasteiger partial charge in [0.15, 0.2) is 0 Å². The molecule has 0 saturated carbocycles. The van der Waals surface area contributed by atoms with Crippen LogP contribution in [0.2, 0.25) is 0 Å². The Kier molecular flexibility index (Phi) is 3.07. The van der Waals surface area contributed by atoms with Crippen molar-refractivity contribution < 1.29 is 0 Å². The minimum Gasteiger partial charge on any atom is -0.326 e. The van der Waals surface area contributed by atoms with E-state index in [-0.39, 0.29) is 0 Å². The third-order valence-electron chi connectivity index (χ3n) is 2.92. The molecule has 2 rings (SSSR count). The maximum absolute atomic E-state index is 5.73. The quantitative estimate of drug-likeness (QED) is 0.809. The van der Waals surface area contributed by atoms with Crippen molar-refractivity contribution in [1.82, 2.24) is 0 Å². The lowest BCUT2D eigenvalue weighted by Crippen LogP contribution is -1.99. The number of rotatable bonds is 2. The van der Waals surface area contributed by atoms with Gasteiger partial charge in [-0.2, -0.15) is 0 Å². The molecule has 2 aromatic rings. The third-order valence-corrected chi connectivity index (χ3v) is 2.92. The zero-order chi connectivity index (χ0) is 11.5. The zero-order valence-electron chi connectivity index (χ0n) is 9.83. The molecule has 82 valence electrons. The lowest BCUT2D eigenvalue weighted by Gasteiger charge is -2.08. The van der Waals surface area contributed by atoms with Crippen LogP contribution in [-0.4, -0.2) is 0 Å². The Morgan fingerprint density at radius 1 is 0.938 bits per heavy atom. The van der Waals surface area contributed by atoms with Gasteiger partial charge in [0.1, 0.15) is 0 Å². The van der Waals surface area contributed by atoms with Crippen molar-refractivity contribution in [2.24, 2.45) is 5.73 Å². The maximum Gasteiger partial charge on any atom is 0.0180 e. The maximum atomic E-state index is 5.73. The largest absolute Gasteiger partial charge is 0.326 e. The normalized spacial score (nSPS) is 10.4. The Balaban J connectivity index is 2.48. The summed E-state index contributed by atoms with van der Waals surface area (Å²) in [5.41, 5.74) is 12.0. The molecule has 0 heterocycles. The molecule has 1 heteroatoms. The van der Waals surface area contributed by atoms with E-state index >= 15 is 0 Å². The Bertz CT molecular complexity index is 501. The van der Waals surface area contributed by atoms with Crippen molar-refractivity contribution in [2.45, 2.75) is 20.4 Å². The van der Waals surface area contributed by atoms with Crippen LogP contribution in [0.1, 0.15) is 16.7 Å².